The van der Waals surface area contributed by atoms with Crippen LogP contribution in [0.4, 0.5) is 10.1 Å². The fourth-order valence-corrected chi connectivity index (χ4v) is 3.73. The van der Waals surface area contributed by atoms with Crippen LogP contribution in [0.15, 0.2) is 47.4 Å². The number of rotatable bonds is 4. The molecule has 0 saturated carbocycles. The first-order valence-electron chi connectivity index (χ1n) is 7.76. The molecule has 1 fully saturated rings. The van der Waals surface area contributed by atoms with Crippen molar-refractivity contribution in [2.75, 3.05) is 12.0 Å². The SMILES string of the molecule is Cc1ccc(C)c(NCN2C(=O)/C(=C\c3cccc(F)c3)SC2=S)c1. The van der Waals surface area contributed by atoms with E-state index in [1.54, 1.807) is 18.2 Å². The number of carbonyl (C=O) groups is 1. The van der Waals surface area contributed by atoms with E-state index in [4.69, 9.17) is 12.2 Å². The molecule has 1 aliphatic rings. The van der Waals surface area contributed by atoms with Crippen molar-refractivity contribution >= 4 is 46.0 Å². The van der Waals surface area contributed by atoms with Crippen molar-refractivity contribution in [2.45, 2.75) is 13.8 Å². The number of carbonyl (C=O) groups excluding carboxylic acids is 1. The number of aryl methyl sites for hydroxylation is 2. The average molecular weight is 372 g/mol. The van der Waals surface area contributed by atoms with E-state index < -0.39 is 0 Å². The minimum Gasteiger partial charge on any atom is -0.367 e. The number of nitrogens with one attached hydrogen (secondary N) is 1. The van der Waals surface area contributed by atoms with Crippen molar-refractivity contribution < 1.29 is 9.18 Å². The fraction of sp³-hybridized carbons (Fsp3) is 0.158. The van der Waals surface area contributed by atoms with E-state index in [1.807, 2.05) is 32.0 Å². The number of thioether (sulfide) groups is 1. The van der Waals surface area contributed by atoms with Crippen LogP contribution in [-0.4, -0.2) is 21.8 Å². The lowest BCUT2D eigenvalue weighted by molar-refractivity contribution is -0.121. The van der Waals surface area contributed by atoms with Crippen LogP contribution in [0.1, 0.15) is 16.7 Å². The second kappa shape index (κ2) is 7.37. The Morgan fingerprint density at radius 1 is 1.24 bits per heavy atom. The van der Waals surface area contributed by atoms with Crippen LogP contribution in [-0.2, 0) is 4.79 Å². The maximum atomic E-state index is 13.3. The molecule has 25 heavy (non-hydrogen) atoms. The van der Waals surface area contributed by atoms with Gasteiger partial charge >= 0.3 is 0 Å². The molecule has 0 spiro atoms. The van der Waals surface area contributed by atoms with Crippen molar-refractivity contribution in [1.82, 2.24) is 4.90 Å². The van der Waals surface area contributed by atoms with E-state index in [1.165, 1.54) is 28.8 Å². The van der Waals surface area contributed by atoms with Gasteiger partial charge in [0.15, 0.2) is 0 Å². The third-order valence-electron chi connectivity index (χ3n) is 3.84. The molecule has 1 aliphatic heterocycles. The summed E-state index contributed by atoms with van der Waals surface area (Å²) in [5, 5.41) is 3.27. The third kappa shape index (κ3) is 4.08. The molecule has 0 aromatic heterocycles. The van der Waals surface area contributed by atoms with Crippen LogP contribution in [0.2, 0.25) is 0 Å². The Labute approximate surface area is 155 Å². The summed E-state index contributed by atoms with van der Waals surface area (Å²) in [6.07, 6.45) is 1.67. The number of thiocarbonyl (C=S) groups is 1. The lowest BCUT2D eigenvalue weighted by Gasteiger charge is -2.17. The lowest BCUT2D eigenvalue weighted by Crippen LogP contribution is -2.33. The maximum absolute atomic E-state index is 13.3. The highest BCUT2D eigenvalue weighted by Gasteiger charge is 2.31. The zero-order chi connectivity index (χ0) is 18.0. The van der Waals surface area contributed by atoms with Crippen LogP contribution < -0.4 is 5.32 Å². The summed E-state index contributed by atoms with van der Waals surface area (Å²) in [6, 6.07) is 12.2. The highest BCUT2D eigenvalue weighted by molar-refractivity contribution is 8.26. The fourth-order valence-electron chi connectivity index (χ4n) is 2.47. The van der Waals surface area contributed by atoms with Gasteiger partial charge in [-0.2, -0.15) is 0 Å². The molecule has 3 nitrogen and oxygen atoms in total. The minimum atomic E-state index is -0.333. The molecule has 0 atom stereocenters. The highest BCUT2D eigenvalue weighted by Crippen LogP contribution is 2.32. The molecule has 0 radical (unpaired) electrons. The smallest absolute Gasteiger partial charge is 0.267 e. The van der Waals surface area contributed by atoms with E-state index in [9.17, 15) is 9.18 Å². The molecule has 2 aromatic carbocycles. The summed E-state index contributed by atoms with van der Waals surface area (Å²) in [5.74, 6) is -0.502. The maximum Gasteiger partial charge on any atom is 0.267 e. The predicted octanol–water partition coefficient (Wildman–Crippen LogP) is 4.71. The molecular formula is C19H17FN2OS2. The Balaban J connectivity index is 1.74. The van der Waals surface area contributed by atoms with Gasteiger partial charge in [-0.3, -0.25) is 9.69 Å². The molecule has 6 heteroatoms. The van der Waals surface area contributed by atoms with E-state index in [0.29, 0.717) is 21.5 Å². The third-order valence-corrected chi connectivity index (χ3v) is 5.22. The number of hydrogen-bond donors (Lipinski definition) is 1. The Hall–Kier alpha value is -2.18. The van der Waals surface area contributed by atoms with Gasteiger partial charge in [0.25, 0.3) is 5.91 Å². The number of amides is 1. The average Bonchev–Trinajstić information content (AvgIpc) is 2.82. The number of anilines is 1. The summed E-state index contributed by atoms with van der Waals surface area (Å²) in [6.45, 7) is 4.33. The monoisotopic (exact) mass is 372 g/mol. The second-order valence-electron chi connectivity index (χ2n) is 5.82. The van der Waals surface area contributed by atoms with Crippen molar-refractivity contribution in [3.63, 3.8) is 0 Å². The number of nitrogens with zero attached hydrogens (tertiary/aromatic N) is 1. The van der Waals surface area contributed by atoms with Gasteiger partial charge in [0, 0.05) is 5.69 Å². The highest BCUT2D eigenvalue weighted by atomic mass is 32.2. The molecular weight excluding hydrogens is 355 g/mol. The normalized spacial score (nSPS) is 16.0. The van der Waals surface area contributed by atoms with E-state index >= 15 is 0 Å². The largest absolute Gasteiger partial charge is 0.367 e. The van der Waals surface area contributed by atoms with Crippen molar-refractivity contribution in [2.24, 2.45) is 0 Å². The molecule has 0 unspecified atom stereocenters. The Morgan fingerprint density at radius 2 is 2.04 bits per heavy atom. The molecule has 2 aromatic rings. The first-order chi connectivity index (χ1) is 11.9. The van der Waals surface area contributed by atoms with Gasteiger partial charge in [0.2, 0.25) is 0 Å². The van der Waals surface area contributed by atoms with Gasteiger partial charge in [-0.1, -0.05) is 48.2 Å². The van der Waals surface area contributed by atoms with Crippen molar-refractivity contribution in [3.05, 3.63) is 69.9 Å². The summed E-state index contributed by atoms with van der Waals surface area (Å²) < 4.78 is 13.8. The van der Waals surface area contributed by atoms with Crippen LogP contribution in [0.25, 0.3) is 6.08 Å². The van der Waals surface area contributed by atoms with Gasteiger partial charge in [0.05, 0.1) is 11.6 Å². The zero-order valence-electron chi connectivity index (χ0n) is 13.9. The van der Waals surface area contributed by atoms with Crippen LogP contribution in [0, 0.1) is 19.7 Å². The molecule has 1 amide bonds. The summed E-state index contributed by atoms with van der Waals surface area (Å²) >= 11 is 6.56. The van der Waals surface area contributed by atoms with Crippen molar-refractivity contribution in [3.8, 4) is 0 Å². The molecule has 1 N–H and O–H groups in total. The second-order valence-corrected chi connectivity index (χ2v) is 7.49. The van der Waals surface area contributed by atoms with E-state index in [2.05, 4.69) is 5.32 Å². The number of halogens is 1. The minimum absolute atomic E-state index is 0.169. The molecule has 128 valence electrons. The zero-order valence-corrected chi connectivity index (χ0v) is 15.5. The van der Waals surface area contributed by atoms with E-state index in [-0.39, 0.29) is 11.7 Å². The van der Waals surface area contributed by atoms with Crippen LogP contribution in [0.3, 0.4) is 0 Å². The Bertz CT molecular complexity index is 879. The van der Waals surface area contributed by atoms with Crippen LogP contribution in [0.5, 0.6) is 0 Å². The summed E-state index contributed by atoms with van der Waals surface area (Å²) in [5.41, 5.74) is 3.86. The van der Waals surface area contributed by atoms with Gasteiger partial charge in [-0.25, -0.2) is 4.39 Å². The van der Waals surface area contributed by atoms with Crippen LogP contribution >= 0.6 is 24.0 Å². The first kappa shape index (κ1) is 17.6. The first-order valence-corrected chi connectivity index (χ1v) is 8.98. The van der Waals surface area contributed by atoms with Gasteiger partial charge < -0.3 is 5.32 Å². The molecule has 0 aliphatic carbocycles. The van der Waals surface area contributed by atoms with Gasteiger partial charge in [0.1, 0.15) is 10.1 Å². The van der Waals surface area contributed by atoms with E-state index in [0.717, 1.165) is 16.8 Å². The van der Waals surface area contributed by atoms with Crippen molar-refractivity contribution in [1.29, 1.82) is 0 Å². The number of hydrogen-bond acceptors (Lipinski definition) is 4. The Morgan fingerprint density at radius 3 is 2.80 bits per heavy atom. The Kier molecular flexibility index (Phi) is 5.20. The lowest BCUT2D eigenvalue weighted by atomic mass is 10.1. The summed E-state index contributed by atoms with van der Waals surface area (Å²) in [4.78, 5) is 14.6. The molecule has 1 heterocycles. The molecule has 3 rings (SSSR count). The quantitative estimate of drug-likeness (QED) is 0.622. The van der Waals surface area contributed by atoms with Gasteiger partial charge in [-0.05, 0) is 54.8 Å². The standard InChI is InChI=1S/C19H17FN2OS2/c1-12-6-7-13(2)16(8-12)21-11-22-18(23)17(25-19(22)24)10-14-4-3-5-15(20)9-14/h3-10,21H,11H2,1-2H3/b17-10+. The molecule has 1 saturated heterocycles. The number of benzene rings is 2. The van der Waals surface area contributed by atoms with Gasteiger partial charge in [-0.15, -0.1) is 0 Å². The topological polar surface area (TPSA) is 32.3 Å². The summed E-state index contributed by atoms with van der Waals surface area (Å²) in [7, 11) is 0. The molecule has 0 bridgehead atoms. The predicted molar refractivity (Wildman–Crippen MR) is 106 cm³/mol.